The monoisotopic (exact) mass is 348 g/mol. The third-order valence-electron chi connectivity index (χ3n) is 3.06. The van der Waals surface area contributed by atoms with Crippen LogP contribution in [-0.4, -0.2) is 24.5 Å². The molecule has 0 atom stereocenters. The standard InChI is InChI=1S/C16H17BrN2O2/c1-21-15-7-6-13(17)10-14(15)16(20)19-9-3-5-12-4-2-8-18-11-12/h2,4,6-8,10-11H,3,5,9H2,1H3,(H,19,20). The molecule has 2 rings (SSSR count). The van der Waals surface area contributed by atoms with Crippen LogP contribution in [0.5, 0.6) is 5.75 Å². The van der Waals surface area contributed by atoms with Crippen molar-refractivity contribution in [3.63, 3.8) is 0 Å². The smallest absolute Gasteiger partial charge is 0.255 e. The van der Waals surface area contributed by atoms with Crippen LogP contribution in [-0.2, 0) is 6.42 Å². The Hall–Kier alpha value is -1.88. The van der Waals surface area contributed by atoms with E-state index < -0.39 is 0 Å². The summed E-state index contributed by atoms with van der Waals surface area (Å²) < 4.78 is 6.06. The number of ether oxygens (including phenoxy) is 1. The molecule has 0 aliphatic carbocycles. The molecule has 1 heterocycles. The Kier molecular flexibility index (Phi) is 5.75. The molecule has 4 nitrogen and oxygen atoms in total. The quantitative estimate of drug-likeness (QED) is 0.815. The van der Waals surface area contributed by atoms with Crippen LogP contribution in [0, 0.1) is 0 Å². The van der Waals surface area contributed by atoms with Gasteiger partial charge >= 0.3 is 0 Å². The first-order valence-corrected chi connectivity index (χ1v) is 7.50. The lowest BCUT2D eigenvalue weighted by Crippen LogP contribution is -2.25. The normalized spacial score (nSPS) is 10.2. The number of aromatic nitrogens is 1. The summed E-state index contributed by atoms with van der Waals surface area (Å²) in [7, 11) is 1.56. The summed E-state index contributed by atoms with van der Waals surface area (Å²) in [5.41, 5.74) is 1.71. The van der Waals surface area contributed by atoms with Crippen molar-refractivity contribution in [3.8, 4) is 5.75 Å². The highest BCUT2D eigenvalue weighted by molar-refractivity contribution is 9.10. The molecule has 0 aliphatic rings. The summed E-state index contributed by atoms with van der Waals surface area (Å²) >= 11 is 3.36. The second-order valence-corrected chi connectivity index (χ2v) is 5.48. The van der Waals surface area contributed by atoms with E-state index >= 15 is 0 Å². The Bertz CT molecular complexity index is 602. The molecular formula is C16H17BrN2O2. The van der Waals surface area contributed by atoms with Crippen molar-refractivity contribution in [2.75, 3.05) is 13.7 Å². The maximum absolute atomic E-state index is 12.2. The zero-order valence-corrected chi connectivity index (χ0v) is 13.4. The van der Waals surface area contributed by atoms with Crippen molar-refractivity contribution in [3.05, 3.63) is 58.3 Å². The first kappa shape index (κ1) is 15.5. The minimum atomic E-state index is -0.126. The van der Waals surface area contributed by atoms with E-state index in [1.165, 1.54) is 5.56 Å². The van der Waals surface area contributed by atoms with Crippen LogP contribution >= 0.6 is 15.9 Å². The number of amides is 1. The molecule has 0 aliphatic heterocycles. The van der Waals surface area contributed by atoms with Gasteiger partial charge in [0.05, 0.1) is 12.7 Å². The van der Waals surface area contributed by atoms with Gasteiger partial charge in [0, 0.05) is 23.4 Å². The summed E-state index contributed by atoms with van der Waals surface area (Å²) in [5, 5.41) is 2.91. The Morgan fingerprint density at radius 1 is 1.38 bits per heavy atom. The van der Waals surface area contributed by atoms with Gasteiger partial charge in [-0.2, -0.15) is 0 Å². The number of carbonyl (C=O) groups is 1. The molecule has 0 unspecified atom stereocenters. The van der Waals surface area contributed by atoms with Crippen LogP contribution in [0.2, 0.25) is 0 Å². The zero-order chi connectivity index (χ0) is 15.1. The number of pyridine rings is 1. The van der Waals surface area contributed by atoms with E-state index in [2.05, 4.69) is 26.2 Å². The molecule has 1 amide bonds. The number of halogens is 1. The number of carbonyl (C=O) groups excluding carboxylic acids is 1. The molecule has 110 valence electrons. The lowest BCUT2D eigenvalue weighted by Gasteiger charge is -2.09. The summed E-state index contributed by atoms with van der Waals surface area (Å²) in [6.07, 6.45) is 5.36. The summed E-state index contributed by atoms with van der Waals surface area (Å²) in [6, 6.07) is 9.33. The minimum Gasteiger partial charge on any atom is -0.496 e. The lowest BCUT2D eigenvalue weighted by molar-refractivity contribution is 0.0950. The Labute approximate surface area is 132 Å². The molecule has 0 bridgehead atoms. The van der Waals surface area contributed by atoms with Gasteiger partial charge < -0.3 is 10.1 Å². The van der Waals surface area contributed by atoms with Crippen molar-refractivity contribution in [2.24, 2.45) is 0 Å². The highest BCUT2D eigenvalue weighted by Gasteiger charge is 2.12. The van der Waals surface area contributed by atoms with Crippen molar-refractivity contribution < 1.29 is 9.53 Å². The molecule has 0 spiro atoms. The fraction of sp³-hybridized carbons (Fsp3) is 0.250. The minimum absolute atomic E-state index is 0.126. The number of hydrogen-bond donors (Lipinski definition) is 1. The van der Waals surface area contributed by atoms with Crippen LogP contribution in [0.4, 0.5) is 0 Å². The Balaban J connectivity index is 1.86. The fourth-order valence-corrected chi connectivity index (χ4v) is 2.35. The SMILES string of the molecule is COc1ccc(Br)cc1C(=O)NCCCc1cccnc1. The molecule has 5 heteroatoms. The van der Waals surface area contributed by atoms with Crippen molar-refractivity contribution in [1.29, 1.82) is 0 Å². The van der Waals surface area contributed by atoms with Crippen molar-refractivity contribution in [2.45, 2.75) is 12.8 Å². The first-order chi connectivity index (χ1) is 10.2. The van der Waals surface area contributed by atoms with Crippen molar-refractivity contribution >= 4 is 21.8 Å². The molecular weight excluding hydrogens is 332 g/mol. The van der Waals surface area contributed by atoms with Gasteiger partial charge in [-0.3, -0.25) is 9.78 Å². The third-order valence-corrected chi connectivity index (χ3v) is 3.55. The van der Waals surface area contributed by atoms with Crippen LogP contribution in [0.3, 0.4) is 0 Å². The molecule has 0 saturated carbocycles. The highest BCUT2D eigenvalue weighted by Crippen LogP contribution is 2.22. The summed E-state index contributed by atoms with van der Waals surface area (Å²) in [4.78, 5) is 16.2. The van der Waals surface area contributed by atoms with Crippen LogP contribution in [0.25, 0.3) is 0 Å². The molecule has 1 aromatic carbocycles. The average Bonchev–Trinajstić information content (AvgIpc) is 2.52. The van der Waals surface area contributed by atoms with Crippen LogP contribution in [0.15, 0.2) is 47.2 Å². The molecule has 1 N–H and O–H groups in total. The van der Waals surface area contributed by atoms with E-state index in [0.717, 1.165) is 17.3 Å². The highest BCUT2D eigenvalue weighted by atomic mass is 79.9. The van der Waals surface area contributed by atoms with Gasteiger partial charge in [0.25, 0.3) is 5.91 Å². The van der Waals surface area contributed by atoms with E-state index in [-0.39, 0.29) is 5.91 Å². The van der Waals surface area contributed by atoms with E-state index in [4.69, 9.17) is 4.74 Å². The molecule has 0 saturated heterocycles. The van der Waals surface area contributed by atoms with Crippen LogP contribution in [0.1, 0.15) is 22.3 Å². The van der Waals surface area contributed by atoms with Gasteiger partial charge in [-0.25, -0.2) is 0 Å². The summed E-state index contributed by atoms with van der Waals surface area (Å²) in [5.74, 6) is 0.447. The van der Waals surface area contributed by atoms with E-state index in [9.17, 15) is 4.79 Å². The maximum Gasteiger partial charge on any atom is 0.255 e. The Morgan fingerprint density at radius 2 is 2.24 bits per heavy atom. The van der Waals surface area contributed by atoms with E-state index in [1.54, 1.807) is 25.4 Å². The lowest BCUT2D eigenvalue weighted by atomic mass is 10.1. The number of aryl methyl sites for hydroxylation is 1. The van der Waals surface area contributed by atoms with E-state index in [0.29, 0.717) is 17.9 Å². The number of methoxy groups -OCH3 is 1. The van der Waals surface area contributed by atoms with Crippen LogP contribution < -0.4 is 10.1 Å². The molecule has 0 fully saturated rings. The van der Waals surface area contributed by atoms with E-state index in [1.807, 2.05) is 24.4 Å². The second-order valence-electron chi connectivity index (χ2n) is 4.57. The Morgan fingerprint density at radius 3 is 2.95 bits per heavy atom. The van der Waals surface area contributed by atoms with Gasteiger partial charge in [0.15, 0.2) is 0 Å². The third kappa shape index (κ3) is 4.56. The van der Waals surface area contributed by atoms with Crippen molar-refractivity contribution in [1.82, 2.24) is 10.3 Å². The maximum atomic E-state index is 12.2. The number of nitrogens with one attached hydrogen (secondary N) is 1. The fourth-order valence-electron chi connectivity index (χ4n) is 1.99. The topological polar surface area (TPSA) is 51.2 Å². The predicted octanol–water partition coefficient (Wildman–Crippen LogP) is 3.22. The average molecular weight is 349 g/mol. The van der Waals surface area contributed by atoms with Gasteiger partial charge in [-0.15, -0.1) is 0 Å². The number of benzene rings is 1. The summed E-state index contributed by atoms with van der Waals surface area (Å²) in [6.45, 7) is 0.614. The van der Waals surface area contributed by atoms with Gasteiger partial charge in [-0.1, -0.05) is 22.0 Å². The predicted molar refractivity (Wildman–Crippen MR) is 85.6 cm³/mol. The largest absolute Gasteiger partial charge is 0.496 e. The molecule has 2 aromatic rings. The molecule has 21 heavy (non-hydrogen) atoms. The first-order valence-electron chi connectivity index (χ1n) is 6.71. The number of rotatable bonds is 6. The van der Waals surface area contributed by atoms with Gasteiger partial charge in [0.2, 0.25) is 0 Å². The number of hydrogen-bond acceptors (Lipinski definition) is 3. The zero-order valence-electron chi connectivity index (χ0n) is 11.8. The number of nitrogens with zero attached hydrogens (tertiary/aromatic N) is 1. The van der Waals surface area contributed by atoms with Gasteiger partial charge in [-0.05, 0) is 42.7 Å². The second kappa shape index (κ2) is 7.78. The van der Waals surface area contributed by atoms with Gasteiger partial charge in [0.1, 0.15) is 5.75 Å². The molecule has 0 radical (unpaired) electrons. The molecule has 1 aromatic heterocycles.